The van der Waals surface area contributed by atoms with Gasteiger partial charge in [0.05, 0.1) is 0 Å². The summed E-state index contributed by atoms with van der Waals surface area (Å²) in [6.45, 7) is 4.07. The number of carbonyl (C=O) groups is 3. The zero-order valence-corrected chi connectivity index (χ0v) is 11.1. The predicted molar refractivity (Wildman–Crippen MR) is 68.2 cm³/mol. The predicted octanol–water partition coefficient (Wildman–Crippen LogP) is 1.75. The van der Waals surface area contributed by atoms with Crippen molar-refractivity contribution in [2.45, 2.75) is 58.4 Å². The van der Waals surface area contributed by atoms with Gasteiger partial charge in [0.15, 0.2) is 0 Å². The number of hydrogen-bond donors (Lipinski definition) is 2. The Labute approximate surface area is 108 Å². The fourth-order valence-corrected chi connectivity index (χ4v) is 1.72. The van der Waals surface area contributed by atoms with E-state index in [4.69, 9.17) is 5.11 Å². The third kappa shape index (κ3) is 7.81. The second kappa shape index (κ2) is 9.62. The second-order valence-electron chi connectivity index (χ2n) is 4.65. The maximum Gasteiger partial charge on any atom is 0.326 e. The van der Waals surface area contributed by atoms with Gasteiger partial charge in [0.1, 0.15) is 12.3 Å². The molecule has 0 aliphatic carbocycles. The molecule has 1 amide bonds. The summed E-state index contributed by atoms with van der Waals surface area (Å²) in [6.07, 6.45) is 4.41. The number of carboxylic acids is 1. The molecule has 0 saturated heterocycles. The normalized spacial score (nSPS) is 13.7. The Hall–Kier alpha value is -1.39. The molecule has 104 valence electrons. The van der Waals surface area contributed by atoms with Crippen LogP contribution in [0, 0.1) is 5.92 Å². The first-order valence-corrected chi connectivity index (χ1v) is 6.47. The van der Waals surface area contributed by atoms with Crippen LogP contribution in [0.4, 0.5) is 0 Å². The molecule has 18 heavy (non-hydrogen) atoms. The molecule has 0 spiro atoms. The smallest absolute Gasteiger partial charge is 0.326 e. The van der Waals surface area contributed by atoms with Gasteiger partial charge in [-0.1, -0.05) is 33.1 Å². The SMILES string of the molecule is CCCCC(C)CC(=O)N[C@H](CCC=O)C(=O)O. The fraction of sp³-hybridized carbons (Fsp3) is 0.769. The summed E-state index contributed by atoms with van der Waals surface area (Å²) in [7, 11) is 0. The van der Waals surface area contributed by atoms with Crippen LogP contribution in [0.3, 0.4) is 0 Å². The first kappa shape index (κ1) is 16.6. The summed E-state index contributed by atoms with van der Waals surface area (Å²) in [5, 5.41) is 11.4. The Bertz CT molecular complexity index is 278. The van der Waals surface area contributed by atoms with E-state index < -0.39 is 12.0 Å². The topological polar surface area (TPSA) is 83.5 Å². The number of aldehydes is 1. The molecule has 0 aliphatic rings. The molecule has 1 unspecified atom stereocenters. The number of hydrogen-bond acceptors (Lipinski definition) is 3. The van der Waals surface area contributed by atoms with Gasteiger partial charge in [-0.2, -0.15) is 0 Å². The fourth-order valence-electron chi connectivity index (χ4n) is 1.72. The molecule has 0 bridgehead atoms. The van der Waals surface area contributed by atoms with Gasteiger partial charge in [-0.05, 0) is 12.3 Å². The van der Waals surface area contributed by atoms with Crippen LogP contribution in [0.5, 0.6) is 0 Å². The minimum atomic E-state index is -1.09. The lowest BCUT2D eigenvalue weighted by atomic mass is 10.00. The minimum Gasteiger partial charge on any atom is -0.480 e. The summed E-state index contributed by atoms with van der Waals surface area (Å²) in [5.74, 6) is -1.09. The number of rotatable bonds is 10. The van der Waals surface area contributed by atoms with Crippen LogP contribution < -0.4 is 5.32 Å². The molecule has 0 aliphatic heterocycles. The molecule has 0 rings (SSSR count). The van der Waals surface area contributed by atoms with Crippen LogP contribution in [-0.4, -0.2) is 29.3 Å². The molecule has 0 saturated carbocycles. The van der Waals surface area contributed by atoms with E-state index in [1.54, 1.807) is 0 Å². The number of nitrogens with one attached hydrogen (secondary N) is 1. The second-order valence-corrected chi connectivity index (χ2v) is 4.65. The first-order valence-electron chi connectivity index (χ1n) is 6.47. The van der Waals surface area contributed by atoms with Gasteiger partial charge in [-0.3, -0.25) is 4.79 Å². The minimum absolute atomic E-state index is 0.142. The number of unbranched alkanes of at least 4 members (excludes halogenated alkanes) is 1. The van der Waals surface area contributed by atoms with Crippen LogP contribution in [0.1, 0.15) is 52.4 Å². The highest BCUT2D eigenvalue weighted by molar-refractivity contribution is 5.83. The molecule has 0 aromatic rings. The third-order valence-corrected chi connectivity index (χ3v) is 2.79. The van der Waals surface area contributed by atoms with Crippen LogP contribution in [0.15, 0.2) is 0 Å². The lowest BCUT2D eigenvalue weighted by molar-refractivity contribution is -0.142. The zero-order valence-electron chi connectivity index (χ0n) is 11.1. The van der Waals surface area contributed by atoms with Gasteiger partial charge < -0.3 is 15.2 Å². The van der Waals surface area contributed by atoms with Crippen LogP contribution in [0.25, 0.3) is 0 Å². The monoisotopic (exact) mass is 257 g/mol. The summed E-state index contributed by atoms with van der Waals surface area (Å²) >= 11 is 0. The highest BCUT2D eigenvalue weighted by Gasteiger charge is 2.20. The van der Waals surface area contributed by atoms with Crippen molar-refractivity contribution in [1.82, 2.24) is 5.32 Å². The standard InChI is InChI=1S/C13H23NO4/c1-3-4-6-10(2)9-12(16)14-11(13(17)18)7-5-8-15/h8,10-11H,3-7,9H2,1-2H3,(H,14,16)(H,17,18)/t10?,11-/m1/s1. The third-order valence-electron chi connectivity index (χ3n) is 2.79. The summed E-state index contributed by atoms with van der Waals surface area (Å²) in [6, 6.07) is -0.957. The Morgan fingerprint density at radius 3 is 2.50 bits per heavy atom. The van der Waals surface area contributed by atoms with Crippen molar-refractivity contribution in [1.29, 1.82) is 0 Å². The molecule has 0 aromatic carbocycles. The molecular weight excluding hydrogens is 234 g/mol. The van der Waals surface area contributed by atoms with Crippen molar-refractivity contribution in [2.24, 2.45) is 5.92 Å². The van der Waals surface area contributed by atoms with E-state index in [9.17, 15) is 14.4 Å². The molecule has 0 radical (unpaired) electrons. The van der Waals surface area contributed by atoms with E-state index in [-0.39, 0.29) is 24.7 Å². The first-order chi connectivity index (χ1) is 8.51. The molecule has 2 N–H and O–H groups in total. The number of carboxylic acid groups (broad SMARTS) is 1. The van der Waals surface area contributed by atoms with E-state index in [1.165, 1.54) is 0 Å². The zero-order chi connectivity index (χ0) is 14.0. The van der Waals surface area contributed by atoms with Crippen LogP contribution in [0.2, 0.25) is 0 Å². The van der Waals surface area contributed by atoms with Crippen molar-refractivity contribution in [3.05, 3.63) is 0 Å². The molecule has 0 aromatic heterocycles. The van der Waals surface area contributed by atoms with Gasteiger partial charge in [-0.25, -0.2) is 4.79 Å². The van der Waals surface area contributed by atoms with Crippen molar-refractivity contribution < 1.29 is 19.5 Å². The van der Waals surface area contributed by atoms with Crippen LogP contribution >= 0.6 is 0 Å². The van der Waals surface area contributed by atoms with E-state index in [0.29, 0.717) is 12.7 Å². The molecule has 0 fully saturated rings. The molecule has 0 heterocycles. The average Bonchev–Trinajstić information content (AvgIpc) is 2.31. The lowest BCUT2D eigenvalue weighted by Gasteiger charge is -2.15. The Morgan fingerprint density at radius 1 is 1.33 bits per heavy atom. The molecule has 5 nitrogen and oxygen atoms in total. The maximum atomic E-state index is 11.6. The van der Waals surface area contributed by atoms with Crippen molar-refractivity contribution >= 4 is 18.2 Å². The quantitative estimate of drug-likeness (QED) is 0.584. The van der Waals surface area contributed by atoms with Gasteiger partial charge >= 0.3 is 5.97 Å². The van der Waals surface area contributed by atoms with Gasteiger partial charge in [0.25, 0.3) is 0 Å². The largest absolute Gasteiger partial charge is 0.480 e. The van der Waals surface area contributed by atoms with Gasteiger partial charge in [-0.15, -0.1) is 0 Å². The highest BCUT2D eigenvalue weighted by Crippen LogP contribution is 2.11. The lowest BCUT2D eigenvalue weighted by Crippen LogP contribution is -2.41. The van der Waals surface area contributed by atoms with Crippen molar-refractivity contribution in [3.8, 4) is 0 Å². The molecule has 5 heteroatoms. The summed E-state index contributed by atoms with van der Waals surface area (Å²) < 4.78 is 0. The number of amides is 1. The number of aliphatic carboxylic acids is 1. The van der Waals surface area contributed by atoms with Crippen molar-refractivity contribution in [3.63, 3.8) is 0 Å². The summed E-state index contributed by atoms with van der Waals surface area (Å²) in [4.78, 5) is 32.7. The van der Waals surface area contributed by atoms with Crippen LogP contribution in [-0.2, 0) is 14.4 Å². The Balaban J connectivity index is 4.08. The average molecular weight is 257 g/mol. The Morgan fingerprint density at radius 2 is 2.00 bits per heavy atom. The van der Waals surface area contributed by atoms with E-state index in [2.05, 4.69) is 12.2 Å². The van der Waals surface area contributed by atoms with E-state index >= 15 is 0 Å². The Kier molecular flexibility index (Phi) is 8.88. The van der Waals surface area contributed by atoms with Crippen molar-refractivity contribution in [2.75, 3.05) is 0 Å². The van der Waals surface area contributed by atoms with Gasteiger partial charge in [0, 0.05) is 12.8 Å². The van der Waals surface area contributed by atoms with E-state index in [1.807, 2.05) is 6.92 Å². The highest BCUT2D eigenvalue weighted by atomic mass is 16.4. The molecular formula is C13H23NO4. The van der Waals surface area contributed by atoms with E-state index in [0.717, 1.165) is 19.3 Å². The summed E-state index contributed by atoms with van der Waals surface area (Å²) in [5.41, 5.74) is 0. The maximum absolute atomic E-state index is 11.6. The number of carbonyl (C=O) groups excluding carboxylic acids is 2. The molecule has 2 atom stereocenters. The van der Waals surface area contributed by atoms with Gasteiger partial charge in [0.2, 0.25) is 5.91 Å².